The van der Waals surface area contributed by atoms with Gasteiger partial charge in [0, 0.05) is 29.0 Å². The lowest BCUT2D eigenvalue weighted by Gasteiger charge is -2.11. The van der Waals surface area contributed by atoms with Gasteiger partial charge < -0.3 is 4.57 Å². The molecule has 2 aromatic carbocycles. The summed E-state index contributed by atoms with van der Waals surface area (Å²) in [5.74, 6) is 0.762. The third-order valence-corrected chi connectivity index (χ3v) is 4.16. The van der Waals surface area contributed by atoms with E-state index in [4.69, 9.17) is 11.6 Å². The molecule has 1 nitrogen and oxygen atoms in total. The maximum absolute atomic E-state index is 5.78. The van der Waals surface area contributed by atoms with E-state index >= 15 is 0 Å². The molecule has 21 heavy (non-hydrogen) atoms. The summed E-state index contributed by atoms with van der Waals surface area (Å²) in [6.07, 6.45) is 3.46. The van der Waals surface area contributed by atoms with Crippen molar-refractivity contribution in [2.45, 2.75) is 25.8 Å². The average molecular weight is 298 g/mol. The Morgan fingerprint density at radius 2 is 1.57 bits per heavy atom. The van der Waals surface area contributed by atoms with Crippen molar-refractivity contribution in [3.05, 3.63) is 60.7 Å². The highest BCUT2D eigenvalue weighted by atomic mass is 35.5. The van der Waals surface area contributed by atoms with E-state index in [2.05, 4.69) is 65.2 Å². The van der Waals surface area contributed by atoms with Gasteiger partial charge in [0.2, 0.25) is 0 Å². The zero-order chi connectivity index (χ0) is 14.5. The van der Waals surface area contributed by atoms with Crippen molar-refractivity contribution in [1.82, 2.24) is 4.57 Å². The van der Waals surface area contributed by atoms with Crippen LogP contribution in [0.2, 0.25) is 0 Å². The summed E-state index contributed by atoms with van der Waals surface area (Å²) in [5, 5.41) is 1.31. The maximum Gasteiger partial charge on any atom is 0.0491 e. The molecule has 3 rings (SSSR count). The van der Waals surface area contributed by atoms with Crippen molar-refractivity contribution >= 4 is 22.5 Å². The molecule has 0 fully saturated rings. The monoisotopic (exact) mass is 297 g/mol. The second kappa shape index (κ2) is 6.82. The molecule has 0 spiro atoms. The Bertz CT molecular complexity index is 700. The molecule has 1 heterocycles. The van der Waals surface area contributed by atoms with Gasteiger partial charge in [-0.25, -0.2) is 0 Å². The van der Waals surface area contributed by atoms with Crippen molar-refractivity contribution in [2.75, 3.05) is 5.88 Å². The number of aromatic nitrogens is 1. The quantitative estimate of drug-likeness (QED) is 0.405. The van der Waals surface area contributed by atoms with E-state index in [-0.39, 0.29) is 0 Å². The number of benzene rings is 2. The normalized spacial score (nSPS) is 11.1. The van der Waals surface area contributed by atoms with Crippen LogP contribution in [0.3, 0.4) is 0 Å². The fraction of sp³-hybridized carbons (Fsp3) is 0.263. The minimum absolute atomic E-state index is 0.762. The number of alkyl halides is 1. The summed E-state index contributed by atoms with van der Waals surface area (Å²) in [6, 6.07) is 21.6. The van der Waals surface area contributed by atoms with Crippen LogP contribution in [0.4, 0.5) is 0 Å². The molecular formula is C19H20ClN. The van der Waals surface area contributed by atoms with Crippen LogP contribution in [0.5, 0.6) is 0 Å². The van der Waals surface area contributed by atoms with E-state index < -0.39 is 0 Å². The highest BCUT2D eigenvalue weighted by Gasteiger charge is 2.09. The SMILES string of the molecule is ClCCCCCn1c(-c2ccccc2)cc2ccccc21. The smallest absolute Gasteiger partial charge is 0.0491 e. The van der Waals surface area contributed by atoms with Crippen LogP contribution in [0.1, 0.15) is 19.3 Å². The van der Waals surface area contributed by atoms with Crippen LogP contribution in [0, 0.1) is 0 Å². The standard InChI is InChI=1S/C19H20ClN/c20-13-7-2-8-14-21-18-12-6-5-11-17(18)15-19(21)16-9-3-1-4-10-16/h1,3-6,9-12,15H,2,7-8,13-14H2. The topological polar surface area (TPSA) is 4.93 Å². The third kappa shape index (κ3) is 3.14. The summed E-state index contributed by atoms with van der Waals surface area (Å²) >= 11 is 5.78. The van der Waals surface area contributed by atoms with E-state index in [9.17, 15) is 0 Å². The Morgan fingerprint density at radius 1 is 0.810 bits per heavy atom. The highest BCUT2D eigenvalue weighted by molar-refractivity contribution is 6.17. The number of aryl methyl sites for hydroxylation is 1. The fourth-order valence-electron chi connectivity index (χ4n) is 2.84. The van der Waals surface area contributed by atoms with E-state index in [1.54, 1.807) is 0 Å². The number of halogens is 1. The summed E-state index contributed by atoms with van der Waals surface area (Å²) in [6.45, 7) is 1.05. The minimum atomic E-state index is 0.762. The average Bonchev–Trinajstić information content (AvgIpc) is 2.91. The molecule has 3 aromatic rings. The molecule has 0 saturated heterocycles. The van der Waals surface area contributed by atoms with Crippen molar-refractivity contribution in [3.63, 3.8) is 0 Å². The van der Waals surface area contributed by atoms with E-state index in [0.717, 1.165) is 18.8 Å². The van der Waals surface area contributed by atoms with Gasteiger partial charge in [-0.3, -0.25) is 0 Å². The second-order valence-electron chi connectivity index (χ2n) is 5.36. The molecular weight excluding hydrogens is 278 g/mol. The van der Waals surface area contributed by atoms with Crippen molar-refractivity contribution in [3.8, 4) is 11.3 Å². The first-order chi connectivity index (χ1) is 10.4. The van der Waals surface area contributed by atoms with Crippen LogP contribution in [0.25, 0.3) is 22.2 Å². The van der Waals surface area contributed by atoms with Crippen LogP contribution in [-0.4, -0.2) is 10.4 Å². The van der Waals surface area contributed by atoms with Crippen molar-refractivity contribution in [1.29, 1.82) is 0 Å². The van der Waals surface area contributed by atoms with Gasteiger partial charge in [-0.2, -0.15) is 0 Å². The minimum Gasteiger partial charge on any atom is -0.340 e. The second-order valence-corrected chi connectivity index (χ2v) is 5.73. The molecule has 0 amide bonds. The molecule has 0 bridgehead atoms. The zero-order valence-corrected chi connectivity index (χ0v) is 12.9. The van der Waals surface area contributed by atoms with Crippen LogP contribution in [-0.2, 0) is 6.54 Å². The molecule has 1 aromatic heterocycles. The fourth-order valence-corrected chi connectivity index (χ4v) is 3.03. The summed E-state index contributed by atoms with van der Waals surface area (Å²) in [7, 11) is 0. The Hall–Kier alpha value is -1.73. The number of para-hydroxylation sites is 1. The van der Waals surface area contributed by atoms with Crippen LogP contribution in [0.15, 0.2) is 60.7 Å². The Kier molecular flexibility index (Phi) is 4.62. The predicted octanol–water partition coefficient (Wildman–Crippen LogP) is 5.72. The predicted molar refractivity (Wildman–Crippen MR) is 91.9 cm³/mol. The first-order valence-corrected chi connectivity index (χ1v) is 8.13. The Balaban J connectivity index is 1.98. The molecule has 0 saturated carbocycles. The lowest BCUT2D eigenvalue weighted by atomic mass is 10.1. The molecule has 0 atom stereocenters. The largest absolute Gasteiger partial charge is 0.340 e. The zero-order valence-electron chi connectivity index (χ0n) is 12.1. The van der Waals surface area contributed by atoms with E-state index in [1.165, 1.54) is 35.0 Å². The Morgan fingerprint density at radius 3 is 2.38 bits per heavy atom. The lowest BCUT2D eigenvalue weighted by Crippen LogP contribution is -2.00. The van der Waals surface area contributed by atoms with Gasteiger partial charge in [0.1, 0.15) is 0 Å². The van der Waals surface area contributed by atoms with Crippen molar-refractivity contribution < 1.29 is 0 Å². The number of unbranched alkanes of at least 4 members (excludes halogenated alkanes) is 2. The summed E-state index contributed by atoms with van der Waals surface area (Å²) in [5.41, 5.74) is 3.91. The van der Waals surface area contributed by atoms with Crippen LogP contribution >= 0.6 is 11.6 Å². The van der Waals surface area contributed by atoms with Gasteiger partial charge in [0.15, 0.2) is 0 Å². The van der Waals surface area contributed by atoms with Gasteiger partial charge >= 0.3 is 0 Å². The third-order valence-electron chi connectivity index (χ3n) is 3.90. The first kappa shape index (κ1) is 14.2. The number of hydrogen-bond donors (Lipinski definition) is 0. The first-order valence-electron chi connectivity index (χ1n) is 7.60. The van der Waals surface area contributed by atoms with E-state index in [1.807, 2.05) is 0 Å². The van der Waals surface area contributed by atoms with Gasteiger partial charge in [-0.1, -0.05) is 55.0 Å². The molecule has 108 valence electrons. The maximum atomic E-state index is 5.78. The number of fused-ring (bicyclic) bond motifs is 1. The molecule has 2 heteroatoms. The molecule has 0 aliphatic carbocycles. The summed E-state index contributed by atoms with van der Waals surface area (Å²) in [4.78, 5) is 0. The van der Waals surface area contributed by atoms with Crippen LogP contribution < -0.4 is 0 Å². The lowest BCUT2D eigenvalue weighted by molar-refractivity contribution is 0.621. The van der Waals surface area contributed by atoms with Gasteiger partial charge in [0.05, 0.1) is 0 Å². The van der Waals surface area contributed by atoms with E-state index in [0.29, 0.717) is 0 Å². The summed E-state index contributed by atoms with van der Waals surface area (Å²) < 4.78 is 2.44. The van der Waals surface area contributed by atoms with Gasteiger partial charge in [-0.05, 0) is 30.5 Å². The molecule has 0 aliphatic heterocycles. The molecule has 0 N–H and O–H groups in total. The number of rotatable bonds is 6. The molecule has 0 aliphatic rings. The highest BCUT2D eigenvalue weighted by Crippen LogP contribution is 2.28. The van der Waals surface area contributed by atoms with Gasteiger partial charge in [-0.15, -0.1) is 11.6 Å². The Labute approximate surface area is 131 Å². The number of hydrogen-bond acceptors (Lipinski definition) is 0. The van der Waals surface area contributed by atoms with Crippen molar-refractivity contribution in [2.24, 2.45) is 0 Å². The molecule has 0 unspecified atom stereocenters. The number of nitrogens with zero attached hydrogens (tertiary/aromatic N) is 1. The molecule has 0 radical (unpaired) electrons. The van der Waals surface area contributed by atoms with Gasteiger partial charge in [0.25, 0.3) is 0 Å².